The quantitative estimate of drug-likeness (QED) is 0.193. The van der Waals surface area contributed by atoms with E-state index >= 15 is 0 Å². The van der Waals surface area contributed by atoms with Crippen LogP contribution in [0.1, 0.15) is 77.5 Å². The average molecular weight is 409 g/mol. The van der Waals surface area contributed by atoms with Gasteiger partial charge in [-0.2, -0.15) is 0 Å². The molecule has 28 heavy (non-hydrogen) atoms. The largest absolute Gasteiger partial charge is 0.586 e. The third kappa shape index (κ3) is 6.53. The lowest BCUT2D eigenvalue weighted by molar-refractivity contribution is 0.178. The lowest BCUT2D eigenvalue weighted by atomic mass is 9.74. The van der Waals surface area contributed by atoms with E-state index in [0.29, 0.717) is 6.42 Å². The van der Waals surface area contributed by atoms with Crippen LogP contribution in [0.25, 0.3) is 0 Å². The smallest absolute Gasteiger partial charge is 0.404 e. The lowest BCUT2D eigenvalue weighted by Crippen LogP contribution is -2.22. The minimum Gasteiger partial charge on any atom is -0.404 e. The van der Waals surface area contributed by atoms with Crippen molar-refractivity contribution in [1.82, 2.24) is 0 Å². The molecule has 4 nitrogen and oxygen atoms in total. The third-order valence-corrected chi connectivity index (χ3v) is 6.95. The molecule has 0 aromatic heterocycles. The van der Waals surface area contributed by atoms with Crippen molar-refractivity contribution >= 4 is 7.82 Å². The van der Waals surface area contributed by atoms with E-state index in [-0.39, 0.29) is 17.4 Å². The van der Waals surface area contributed by atoms with Gasteiger partial charge in [0.2, 0.25) is 0 Å². The van der Waals surface area contributed by atoms with Crippen LogP contribution in [0, 0.1) is 0 Å². The molecule has 0 amide bonds. The number of rotatable bonds is 13. The van der Waals surface area contributed by atoms with E-state index in [1.807, 2.05) is 0 Å². The van der Waals surface area contributed by atoms with Crippen molar-refractivity contribution < 1.29 is 18.1 Å². The van der Waals surface area contributed by atoms with E-state index in [1.54, 1.807) is 0 Å². The number of aryl methyl sites for hydroxylation is 1. The molecule has 0 saturated carbocycles. The molecule has 0 aliphatic heterocycles. The van der Waals surface area contributed by atoms with Gasteiger partial charge < -0.3 is 9.05 Å². The first-order chi connectivity index (χ1) is 13.0. The molecule has 1 aromatic carbocycles. The summed E-state index contributed by atoms with van der Waals surface area (Å²) in [7, 11) is -3.66. The Hall–Kier alpha value is -1.51. The first-order valence-electron chi connectivity index (χ1n) is 10.0. The molecule has 0 aliphatic rings. The zero-order valence-corrected chi connectivity index (χ0v) is 19.3. The molecule has 0 atom stereocenters. The topological polar surface area (TPSA) is 44.8 Å². The van der Waals surface area contributed by atoms with E-state index < -0.39 is 7.82 Å². The monoisotopic (exact) mass is 408 g/mol. The molecule has 0 spiro atoms. The molecule has 0 bridgehead atoms. The standard InChI is InChI=1S/C23H37O4P/c1-9-22(5,6)20-16-15-19(21(18-20)23(7,8)10-2)14-13-17-27-28(24,25-11-3)26-12-4/h11-12,15-16,18H,3-4,9-10,13-14,17H2,1-2,5-8H3. The second-order valence-electron chi connectivity index (χ2n) is 8.27. The fourth-order valence-corrected chi connectivity index (χ4v) is 3.84. The zero-order chi connectivity index (χ0) is 21.4. The van der Waals surface area contributed by atoms with Gasteiger partial charge in [0.15, 0.2) is 0 Å². The Bertz CT molecular complexity index is 693. The highest BCUT2D eigenvalue weighted by atomic mass is 31.2. The fourth-order valence-electron chi connectivity index (χ4n) is 2.95. The SMILES string of the molecule is C=COP(=O)(OC=C)OCCCc1ccc(C(C)(C)CC)cc1C(C)(C)CC. The van der Waals surface area contributed by atoms with E-state index in [0.717, 1.165) is 31.8 Å². The van der Waals surface area contributed by atoms with Crippen LogP contribution >= 0.6 is 7.82 Å². The van der Waals surface area contributed by atoms with Gasteiger partial charge in [-0.1, -0.05) is 72.9 Å². The predicted molar refractivity (Wildman–Crippen MR) is 118 cm³/mol. The van der Waals surface area contributed by atoms with Gasteiger partial charge >= 0.3 is 7.82 Å². The second-order valence-corrected chi connectivity index (χ2v) is 9.85. The van der Waals surface area contributed by atoms with Crippen LogP contribution < -0.4 is 0 Å². The van der Waals surface area contributed by atoms with Gasteiger partial charge in [-0.05, 0) is 53.2 Å². The molecular formula is C23H37O4P. The molecule has 0 aliphatic carbocycles. The summed E-state index contributed by atoms with van der Waals surface area (Å²) in [6.07, 6.45) is 5.79. The van der Waals surface area contributed by atoms with E-state index in [2.05, 4.69) is 72.9 Å². The van der Waals surface area contributed by atoms with Crippen LogP contribution in [-0.4, -0.2) is 6.61 Å². The molecular weight excluding hydrogens is 371 g/mol. The Balaban J connectivity index is 2.97. The van der Waals surface area contributed by atoms with Gasteiger partial charge in [-0.15, -0.1) is 0 Å². The summed E-state index contributed by atoms with van der Waals surface area (Å²) in [4.78, 5) is 0. The van der Waals surface area contributed by atoms with Crippen molar-refractivity contribution in [3.63, 3.8) is 0 Å². The first-order valence-corrected chi connectivity index (χ1v) is 11.5. The minimum absolute atomic E-state index is 0.0865. The summed E-state index contributed by atoms with van der Waals surface area (Å²) in [5.74, 6) is 0. The van der Waals surface area contributed by atoms with E-state index in [9.17, 15) is 4.57 Å². The molecule has 0 unspecified atom stereocenters. The summed E-state index contributed by atoms with van der Waals surface area (Å²) in [6, 6.07) is 6.84. The normalized spacial score (nSPS) is 12.5. The molecule has 158 valence electrons. The molecule has 1 aromatic rings. The van der Waals surface area contributed by atoms with Gasteiger partial charge in [-0.25, -0.2) is 4.57 Å². The van der Waals surface area contributed by atoms with Crippen LogP contribution in [0.5, 0.6) is 0 Å². The van der Waals surface area contributed by atoms with Crippen molar-refractivity contribution in [2.75, 3.05) is 6.61 Å². The molecule has 0 fully saturated rings. The van der Waals surface area contributed by atoms with E-state index in [4.69, 9.17) is 13.6 Å². The Morgan fingerprint density at radius 2 is 1.57 bits per heavy atom. The molecule has 0 radical (unpaired) electrons. The maximum absolute atomic E-state index is 12.3. The van der Waals surface area contributed by atoms with Gasteiger partial charge in [0.1, 0.15) is 0 Å². The number of phosphoric acid groups is 1. The van der Waals surface area contributed by atoms with Crippen LogP contribution in [0.3, 0.4) is 0 Å². The van der Waals surface area contributed by atoms with Crippen LogP contribution in [0.2, 0.25) is 0 Å². The summed E-state index contributed by atoms with van der Waals surface area (Å²) in [5.41, 5.74) is 4.28. The number of phosphoric ester groups is 1. The molecule has 5 heteroatoms. The minimum atomic E-state index is -3.66. The fraction of sp³-hybridized carbons (Fsp3) is 0.565. The van der Waals surface area contributed by atoms with E-state index in [1.165, 1.54) is 16.7 Å². The lowest BCUT2D eigenvalue weighted by Gasteiger charge is -2.31. The molecule has 1 rings (SSSR count). The molecule has 0 saturated heterocycles. The van der Waals surface area contributed by atoms with Crippen molar-refractivity contribution in [3.8, 4) is 0 Å². The Morgan fingerprint density at radius 1 is 1.00 bits per heavy atom. The highest BCUT2D eigenvalue weighted by Gasteiger charge is 2.28. The number of hydrogen-bond acceptors (Lipinski definition) is 4. The molecule has 0 heterocycles. The number of hydrogen-bond donors (Lipinski definition) is 0. The van der Waals surface area contributed by atoms with Gasteiger partial charge in [0, 0.05) is 0 Å². The van der Waals surface area contributed by atoms with Crippen molar-refractivity contribution in [2.45, 2.75) is 78.1 Å². The van der Waals surface area contributed by atoms with Crippen molar-refractivity contribution in [2.24, 2.45) is 0 Å². The highest BCUT2D eigenvalue weighted by Crippen LogP contribution is 2.50. The summed E-state index contributed by atoms with van der Waals surface area (Å²) < 4.78 is 27.4. The van der Waals surface area contributed by atoms with Crippen LogP contribution in [0.15, 0.2) is 43.9 Å². The maximum atomic E-state index is 12.3. The Labute approximate surface area is 171 Å². The predicted octanol–water partition coefficient (Wildman–Crippen LogP) is 7.44. The van der Waals surface area contributed by atoms with Gasteiger partial charge in [-0.3, -0.25) is 4.52 Å². The van der Waals surface area contributed by atoms with Gasteiger partial charge in [0.05, 0.1) is 19.1 Å². The Morgan fingerprint density at radius 3 is 2.07 bits per heavy atom. The zero-order valence-electron chi connectivity index (χ0n) is 18.4. The van der Waals surface area contributed by atoms with Crippen molar-refractivity contribution in [1.29, 1.82) is 0 Å². The number of benzene rings is 1. The second kappa shape index (κ2) is 10.3. The third-order valence-electron chi connectivity index (χ3n) is 5.64. The summed E-state index contributed by atoms with van der Waals surface area (Å²) >= 11 is 0. The summed E-state index contributed by atoms with van der Waals surface area (Å²) in [6.45, 7) is 20.7. The van der Waals surface area contributed by atoms with Crippen LogP contribution in [-0.2, 0) is 35.4 Å². The van der Waals surface area contributed by atoms with Gasteiger partial charge in [0.25, 0.3) is 0 Å². The van der Waals surface area contributed by atoms with Crippen molar-refractivity contribution in [3.05, 3.63) is 60.6 Å². The first kappa shape index (κ1) is 24.5. The Kier molecular flexibility index (Phi) is 9.04. The average Bonchev–Trinajstić information content (AvgIpc) is 2.65. The summed E-state index contributed by atoms with van der Waals surface area (Å²) in [5, 5.41) is 0. The maximum Gasteiger partial charge on any atom is 0.586 e. The highest BCUT2D eigenvalue weighted by molar-refractivity contribution is 7.48. The molecule has 0 N–H and O–H groups in total. The van der Waals surface area contributed by atoms with Crippen LogP contribution in [0.4, 0.5) is 0 Å².